The highest BCUT2D eigenvalue weighted by molar-refractivity contribution is 8.14. The lowest BCUT2D eigenvalue weighted by atomic mass is 10.6. The molecule has 0 fully saturated rings. The van der Waals surface area contributed by atoms with Crippen molar-refractivity contribution in [3.8, 4) is 0 Å². The second-order valence-corrected chi connectivity index (χ2v) is 3.19. The Balaban J connectivity index is 3.72. The maximum atomic E-state index is 11.0. The molecule has 6 nitrogen and oxygen atoms in total. The molecule has 0 aliphatic rings. The van der Waals surface area contributed by atoms with Gasteiger partial charge >= 0.3 is 0 Å². The number of guanidine groups is 1. The van der Waals surface area contributed by atoms with E-state index in [4.69, 9.17) is 16.9 Å². The number of hydrogen-bond acceptors (Lipinski definition) is 3. The zero-order chi connectivity index (χ0) is 11.0. The van der Waals surface area contributed by atoms with Gasteiger partial charge in [-0.1, -0.05) is 17.8 Å². The van der Waals surface area contributed by atoms with Crippen LogP contribution in [0.15, 0.2) is 17.6 Å². The van der Waals surface area contributed by atoms with Gasteiger partial charge in [-0.3, -0.25) is 10.2 Å². The first-order chi connectivity index (χ1) is 6.56. The Labute approximate surface area is 86.3 Å². The Morgan fingerprint density at radius 1 is 1.64 bits per heavy atom. The second kappa shape index (κ2) is 6.96. The molecule has 14 heavy (non-hydrogen) atoms. The zero-order valence-corrected chi connectivity index (χ0v) is 8.43. The Hall–Kier alpha value is -1.50. The average Bonchev–Trinajstić information content (AvgIpc) is 2.10. The fraction of sp³-hybridized carbons (Fsp3) is 0.286. The molecule has 0 spiro atoms. The minimum absolute atomic E-state index is 0.0845. The molecule has 0 aromatic rings. The quantitative estimate of drug-likeness (QED) is 0.280. The third-order valence-corrected chi connectivity index (χ3v) is 1.79. The molecule has 0 bridgehead atoms. The van der Waals surface area contributed by atoms with Gasteiger partial charge in [0.15, 0.2) is 11.1 Å². The molecule has 0 saturated heterocycles. The van der Waals surface area contributed by atoms with Gasteiger partial charge in [-0.25, -0.2) is 0 Å². The number of carbonyl (C=O) groups is 1. The number of aliphatic imine (C=N–C) groups is 1. The Morgan fingerprint density at radius 2 is 2.29 bits per heavy atom. The molecule has 0 unspecified atom stereocenters. The van der Waals surface area contributed by atoms with Gasteiger partial charge in [-0.05, 0) is 0 Å². The number of amides is 1. The van der Waals surface area contributed by atoms with E-state index in [1.807, 2.05) is 0 Å². The van der Waals surface area contributed by atoms with E-state index in [2.05, 4.69) is 16.9 Å². The highest BCUT2D eigenvalue weighted by Crippen LogP contribution is 2.02. The number of thioether (sulfide) groups is 1. The molecule has 7 heteroatoms. The van der Waals surface area contributed by atoms with Crippen molar-refractivity contribution in [2.75, 3.05) is 12.3 Å². The molecule has 78 valence electrons. The van der Waals surface area contributed by atoms with E-state index in [9.17, 15) is 4.79 Å². The number of amidine groups is 1. The van der Waals surface area contributed by atoms with E-state index in [0.29, 0.717) is 6.54 Å². The fourth-order valence-electron chi connectivity index (χ4n) is 0.520. The molecule has 0 atom stereocenters. The average molecular weight is 215 g/mol. The van der Waals surface area contributed by atoms with Crippen LogP contribution in [0.25, 0.3) is 0 Å². The van der Waals surface area contributed by atoms with Crippen molar-refractivity contribution in [2.45, 2.75) is 0 Å². The fourth-order valence-corrected chi connectivity index (χ4v) is 1.06. The van der Waals surface area contributed by atoms with Gasteiger partial charge in [0, 0.05) is 6.54 Å². The van der Waals surface area contributed by atoms with Gasteiger partial charge < -0.3 is 16.8 Å². The van der Waals surface area contributed by atoms with Crippen molar-refractivity contribution < 1.29 is 4.79 Å². The number of nitrogens with zero attached hydrogens (tertiary/aromatic N) is 1. The van der Waals surface area contributed by atoms with Crippen LogP contribution in [0.3, 0.4) is 0 Å². The summed E-state index contributed by atoms with van der Waals surface area (Å²) < 4.78 is 0. The van der Waals surface area contributed by atoms with Crippen molar-refractivity contribution in [1.82, 2.24) is 5.32 Å². The van der Waals surface area contributed by atoms with E-state index < -0.39 is 0 Å². The van der Waals surface area contributed by atoms with Crippen LogP contribution in [0.1, 0.15) is 0 Å². The lowest BCUT2D eigenvalue weighted by Crippen LogP contribution is -2.26. The molecule has 0 aliphatic carbocycles. The first-order valence-electron chi connectivity index (χ1n) is 3.75. The number of carbonyl (C=O) groups excluding carboxylic acids is 1. The third kappa shape index (κ3) is 7.17. The summed E-state index contributed by atoms with van der Waals surface area (Å²) in [7, 11) is 0. The molecule has 0 radical (unpaired) electrons. The molecule has 6 N–H and O–H groups in total. The summed E-state index contributed by atoms with van der Waals surface area (Å²) in [6.07, 6.45) is 1.57. The normalized spacial score (nSPS) is 8.86. The van der Waals surface area contributed by atoms with E-state index in [1.165, 1.54) is 0 Å². The topological polar surface area (TPSA) is 117 Å². The van der Waals surface area contributed by atoms with E-state index in [-0.39, 0.29) is 22.8 Å². The zero-order valence-electron chi connectivity index (χ0n) is 7.62. The van der Waals surface area contributed by atoms with Crippen LogP contribution >= 0.6 is 11.8 Å². The summed E-state index contributed by atoms with van der Waals surface area (Å²) in [6.45, 7) is 3.86. The minimum Gasteiger partial charge on any atom is -0.370 e. The molecule has 0 aromatic heterocycles. The van der Waals surface area contributed by atoms with E-state index in [0.717, 1.165) is 11.8 Å². The van der Waals surface area contributed by atoms with Gasteiger partial charge in [-0.15, -0.1) is 6.58 Å². The minimum atomic E-state index is -0.189. The van der Waals surface area contributed by atoms with Crippen LogP contribution in [0.2, 0.25) is 0 Å². The number of nitrogens with two attached hydrogens (primary N) is 2. The predicted octanol–water partition coefficient (Wildman–Crippen LogP) is -0.770. The highest BCUT2D eigenvalue weighted by atomic mass is 32.2. The van der Waals surface area contributed by atoms with Crippen molar-refractivity contribution in [3.05, 3.63) is 12.7 Å². The summed E-state index contributed by atoms with van der Waals surface area (Å²) in [4.78, 5) is 14.5. The third-order valence-electron chi connectivity index (χ3n) is 1.01. The Kier molecular flexibility index (Phi) is 6.21. The van der Waals surface area contributed by atoms with Crippen LogP contribution in [-0.4, -0.2) is 29.3 Å². The molecule has 0 heterocycles. The van der Waals surface area contributed by atoms with Gasteiger partial charge in [0.25, 0.3) is 0 Å². The highest BCUT2D eigenvalue weighted by Gasteiger charge is 2.02. The van der Waals surface area contributed by atoms with Crippen molar-refractivity contribution >= 4 is 28.8 Å². The Morgan fingerprint density at radius 3 is 2.79 bits per heavy atom. The molecule has 0 saturated carbocycles. The summed E-state index contributed by atoms with van der Waals surface area (Å²) in [6, 6.07) is 0. The molecule has 0 aromatic carbocycles. The van der Waals surface area contributed by atoms with Gasteiger partial charge in [0.1, 0.15) is 0 Å². The maximum absolute atomic E-state index is 11.0. The van der Waals surface area contributed by atoms with Gasteiger partial charge in [-0.2, -0.15) is 4.99 Å². The van der Waals surface area contributed by atoms with Crippen LogP contribution < -0.4 is 16.8 Å². The van der Waals surface area contributed by atoms with Crippen molar-refractivity contribution in [3.63, 3.8) is 0 Å². The summed E-state index contributed by atoms with van der Waals surface area (Å²) >= 11 is 0.953. The lowest BCUT2D eigenvalue weighted by Gasteiger charge is -2.00. The van der Waals surface area contributed by atoms with Crippen molar-refractivity contribution in [1.29, 1.82) is 5.41 Å². The maximum Gasteiger partial charge on any atom is 0.230 e. The predicted molar refractivity (Wildman–Crippen MR) is 59.2 cm³/mol. The number of nitrogens with one attached hydrogen (secondary N) is 2. The molecular formula is C7H13N5OS. The smallest absolute Gasteiger partial charge is 0.230 e. The van der Waals surface area contributed by atoms with Crippen molar-refractivity contribution in [2.24, 2.45) is 16.5 Å². The van der Waals surface area contributed by atoms with Gasteiger partial charge in [0.05, 0.1) is 5.75 Å². The number of hydrogen-bond donors (Lipinski definition) is 4. The Bertz CT molecular complexity index is 259. The summed E-state index contributed by atoms with van der Waals surface area (Å²) in [5.41, 5.74) is 10.1. The van der Waals surface area contributed by atoms with Crippen LogP contribution in [0, 0.1) is 5.41 Å². The first kappa shape index (κ1) is 12.5. The van der Waals surface area contributed by atoms with Crippen LogP contribution in [0.4, 0.5) is 0 Å². The van der Waals surface area contributed by atoms with E-state index >= 15 is 0 Å². The van der Waals surface area contributed by atoms with Gasteiger partial charge in [0.2, 0.25) is 5.91 Å². The second-order valence-electron chi connectivity index (χ2n) is 2.22. The summed E-state index contributed by atoms with van der Waals surface area (Å²) in [5, 5.41) is 9.68. The van der Waals surface area contributed by atoms with E-state index in [1.54, 1.807) is 6.08 Å². The van der Waals surface area contributed by atoms with Crippen LogP contribution in [0.5, 0.6) is 0 Å². The molecule has 0 aliphatic heterocycles. The first-order valence-corrected chi connectivity index (χ1v) is 4.73. The molecule has 0 rings (SSSR count). The standard InChI is InChI=1S/C7H13N5OS/c1-2-3-11-5(13)4-14-7(10)12-6(8)9/h2H,1,3-4H2,(H,11,13)(H5,8,9,10,12). The largest absolute Gasteiger partial charge is 0.370 e. The molecule has 1 amide bonds. The van der Waals surface area contributed by atoms with Crippen LogP contribution in [-0.2, 0) is 4.79 Å². The summed E-state index contributed by atoms with van der Waals surface area (Å²) in [5.74, 6) is -0.261. The SMILES string of the molecule is C=CCNC(=O)CSC(=N)N=C(N)N. The monoisotopic (exact) mass is 215 g/mol. The number of rotatable bonds is 4. The lowest BCUT2D eigenvalue weighted by molar-refractivity contribution is -0.118. The molecular weight excluding hydrogens is 202 g/mol.